The molecule has 1 aromatic carbocycles. The minimum absolute atomic E-state index is 0.00811. The van der Waals surface area contributed by atoms with E-state index in [1.807, 2.05) is 0 Å². The molecule has 0 aliphatic carbocycles. The molecule has 3 N–H and O–H groups in total. The monoisotopic (exact) mass is 275 g/mol. The van der Waals surface area contributed by atoms with E-state index in [9.17, 15) is 18.0 Å². The molecular formula is C12H16F3N3O. The Kier molecular flexibility index (Phi) is 4.77. The van der Waals surface area contributed by atoms with E-state index >= 15 is 0 Å². The van der Waals surface area contributed by atoms with Crippen molar-refractivity contribution in [3.63, 3.8) is 0 Å². The van der Waals surface area contributed by atoms with Crippen molar-refractivity contribution in [2.75, 3.05) is 25.5 Å². The Bertz CT molecular complexity index is 460. The number of hydrogen-bond acceptors (Lipinski definition) is 3. The lowest BCUT2D eigenvalue weighted by Gasteiger charge is -2.20. The van der Waals surface area contributed by atoms with Gasteiger partial charge in [-0.2, -0.15) is 13.2 Å². The lowest BCUT2D eigenvalue weighted by atomic mass is 10.1. The molecule has 106 valence electrons. The molecule has 0 aliphatic heterocycles. The van der Waals surface area contributed by atoms with Crippen molar-refractivity contribution in [1.82, 2.24) is 5.32 Å². The molecule has 0 atom stereocenters. The van der Waals surface area contributed by atoms with Crippen LogP contribution in [-0.4, -0.2) is 26.5 Å². The molecule has 0 fully saturated rings. The van der Waals surface area contributed by atoms with Crippen molar-refractivity contribution in [3.8, 4) is 0 Å². The van der Waals surface area contributed by atoms with E-state index in [-0.39, 0.29) is 24.6 Å². The second-order valence-electron chi connectivity index (χ2n) is 4.07. The number of nitrogens with two attached hydrogens (primary N) is 1. The van der Waals surface area contributed by atoms with E-state index in [4.69, 9.17) is 5.73 Å². The van der Waals surface area contributed by atoms with Gasteiger partial charge in [-0.05, 0) is 23.8 Å². The molecule has 4 nitrogen and oxygen atoms in total. The molecule has 0 saturated carbocycles. The van der Waals surface area contributed by atoms with Crippen LogP contribution in [0.25, 0.3) is 0 Å². The molecule has 0 heterocycles. The third-order valence-electron chi connectivity index (χ3n) is 2.71. The number of anilines is 1. The number of nitrogens with zero attached hydrogens (tertiary/aromatic N) is 1. The van der Waals surface area contributed by atoms with Crippen molar-refractivity contribution in [3.05, 3.63) is 29.3 Å². The Hall–Kier alpha value is -1.76. The summed E-state index contributed by atoms with van der Waals surface area (Å²) in [6.45, 7) is -0.150. The summed E-state index contributed by atoms with van der Waals surface area (Å²) in [5.74, 6) is -0.225. The average Bonchev–Trinajstić information content (AvgIpc) is 2.36. The van der Waals surface area contributed by atoms with Crippen LogP contribution in [0.4, 0.5) is 18.9 Å². The van der Waals surface area contributed by atoms with E-state index in [0.717, 1.165) is 6.07 Å². The summed E-state index contributed by atoms with van der Waals surface area (Å²) in [6.07, 6.45) is -4.42. The number of carbonyl (C=O) groups excluding carboxylic acids is 1. The molecule has 1 amide bonds. The molecule has 0 bridgehead atoms. The van der Waals surface area contributed by atoms with Crippen molar-refractivity contribution in [1.29, 1.82) is 0 Å². The van der Waals surface area contributed by atoms with Crippen LogP contribution in [0.1, 0.15) is 11.1 Å². The Morgan fingerprint density at radius 3 is 2.53 bits per heavy atom. The number of amides is 1. The molecule has 0 spiro atoms. The predicted octanol–water partition coefficient (Wildman–Crippen LogP) is 1.35. The van der Waals surface area contributed by atoms with Gasteiger partial charge in [0.05, 0.1) is 12.1 Å². The van der Waals surface area contributed by atoms with Crippen LogP contribution in [0.5, 0.6) is 0 Å². The first-order valence-electron chi connectivity index (χ1n) is 5.61. The Morgan fingerprint density at radius 1 is 1.42 bits per heavy atom. The van der Waals surface area contributed by atoms with Crippen LogP contribution in [0.3, 0.4) is 0 Å². The summed E-state index contributed by atoms with van der Waals surface area (Å²) in [5, 5.41) is 2.44. The third kappa shape index (κ3) is 3.85. The fraction of sp³-hybridized carbons (Fsp3) is 0.417. The number of carbonyl (C=O) groups is 1. The highest BCUT2D eigenvalue weighted by Gasteiger charge is 2.33. The summed E-state index contributed by atoms with van der Waals surface area (Å²) >= 11 is 0. The smallest absolute Gasteiger partial charge is 0.365 e. The largest absolute Gasteiger partial charge is 0.416 e. The number of rotatable bonds is 4. The number of halogens is 3. The van der Waals surface area contributed by atoms with Crippen LogP contribution in [0, 0.1) is 0 Å². The van der Waals surface area contributed by atoms with Gasteiger partial charge in [0, 0.05) is 26.3 Å². The van der Waals surface area contributed by atoms with E-state index in [1.165, 1.54) is 19.2 Å². The van der Waals surface area contributed by atoms with Gasteiger partial charge >= 0.3 is 6.18 Å². The molecule has 0 radical (unpaired) electrons. The van der Waals surface area contributed by atoms with Gasteiger partial charge in [0.25, 0.3) is 0 Å². The normalized spacial score (nSPS) is 11.3. The van der Waals surface area contributed by atoms with Crippen molar-refractivity contribution >= 4 is 11.6 Å². The molecule has 0 aromatic heterocycles. The maximum Gasteiger partial charge on any atom is 0.416 e. The van der Waals surface area contributed by atoms with E-state index < -0.39 is 11.7 Å². The van der Waals surface area contributed by atoms with Gasteiger partial charge < -0.3 is 16.0 Å². The van der Waals surface area contributed by atoms with Crippen molar-refractivity contribution < 1.29 is 18.0 Å². The van der Waals surface area contributed by atoms with Gasteiger partial charge in [-0.25, -0.2) is 0 Å². The van der Waals surface area contributed by atoms with Crippen LogP contribution in [-0.2, 0) is 17.5 Å². The zero-order valence-corrected chi connectivity index (χ0v) is 10.7. The van der Waals surface area contributed by atoms with Gasteiger partial charge in [0.15, 0.2) is 0 Å². The second-order valence-corrected chi connectivity index (χ2v) is 4.07. The molecule has 0 unspecified atom stereocenters. The first-order chi connectivity index (χ1) is 8.79. The van der Waals surface area contributed by atoms with Gasteiger partial charge in [-0.15, -0.1) is 0 Å². The van der Waals surface area contributed by atoms with Gasteiger partial charge in [0.1, 0.15) is 0 Å². The van der Waals surface area contributed by atoms with Gasteiger partial charge in [-0.3, -0.25) is 4.79 Å². The first kappa shape index (κ1) is 15.3. The van der Waals surface area contributed by atoms with E-state index in [2.05, 4.69) is 5.32 Å². The summed E-state index contributed by atoms with van der Waals surface area (Å²) in [7, 11) is 3.12. The Balaban J connectivity index is 3.03. The lowest BCUT2D eigenvalue weighted by molar-refractivity contribution is -0.138. The topological polar surface area (TPSA) is 58.4 Å². The van der Waals surface area contributed by atoms with Crippen LogP contribution in [0.15, 0.2) is 18.2 Å². The van der Waals surface area contributed by atoms with Crippen LogP contribution < -0.4 is 16.0 Å². The zero-order valence-electron chi connectivity index (χ0n) is 10.7. The summed E-state index contributed by atoms with van der Waals surface area (Å²) in [6, 6.07) is 3.66. The quantitative estimate of drug-likeness (QED) is 0.872. The molecule has 0 aliphatic rings. The van der Waals surface area contributed by atoms with E-state index in [0.29, 0.717) is 5.69 Å². The van der Waals surface area contributed by atoms with Crippen molar-refractivity contribution in [2.45, 2.75) is 12.7 Å². The highest BCUT2D eigenvalue weighted by molar-refractivity contribution is 5.80. The minimum Gasteiger partial charge on any atom is -0.365 e. The molecule has 19 heavy (non-hydrogen) atoms. The summed E-state index contributed by atoms with van der Waals surface area (Å²) in [4.78, 5) is 12.8. The fourth-order valence-electron chi connectivity index (χ4n) is 1.65. The number of hydrogen-bond donors (Lipinski definition) is 2. The minimum atomic E-state index is -4.42. The zero-order chi connectivity index (χ0) is 14.6. The predicted molar refractivity (Wildman–Crippen MR) is 66.7 cm³/mol. The molecule has 1 aromatic rings. The average molecular weight is 275 g/mol. The van der Waals surface area contributed by atoms with Crippen molar-refractivity contribution in [2.24, 2.45) is 5.73 Å². The highest BCUT2D eigenvalue weighted by atomic mass is 19.4. The first-order valence-corrected chi connectivity index (χ1v) is 5.61. The second kappa shape index (κ2) is 5.92. The summed E-state index contributed by atoms with van der Waals surface area (Å²) < 4.78 is 38.1. The summed E-state index contributed by atoms with van der Waals surface area (Å²) in [5.41, 5.74) is 5.12. The molecule has 7 heteroatoms. The van der Waals surface area contributed by atoms with Gasteiger partial charge in [0.2, 0.25) is 5.91 Å². The van der Waals surface area contributed by atoms with Crippen LogP contribution >= 0.6 is 0 Å². The third-order valence-corrected chi connectivity index (χ3v) is 2.71. The SMILES string of the molecule is CNC(=O)CN(C)c1ccc(C(F)(F)F)c(CN)c1. The highest BCUT2D eigenvalue weighted by Crippen LogP contribution is 2.33. The number of likely N-dealkylation sites (N-methyl/N-ethyl adjacent to an activating group) is 2. The van der Waals surface area contributed by atoms with Crippen LogP contribution in [0.2, 0.25) is 0 Å². The van der Waals surface area contributed by atoms with E-state index in [1.54, 1.807) is 11.9 Å². The molecule has 1 rings (SSSR count). The molecular weight excluding hydrogens is 259 g/mol. The molecule has 0 saturated heterocycles. The number of nitrogens with one attached hydrogen (secondary N) is 1. The van der Waals surface area contributed by atoms with Gasteiger partial charge in [-0.1, -0.05) is 0 Å². The fourth-order valence-corrected chi connectivity index (χ4v) is 1.65. The maximum absolute atomic E-state index is 12.7. The number of benzene rings is 1. The Morgan fingerprint density at radius 2 is 2.05 bits per heavy atom. The standard InChI is InChI=1S/C12H16F3N3O/c1-17-11(19)7-18(2)9-3-4-10(12(13,14)15)8(5-9)6-16/h3-5H,6-7,16H2,1-2H3,(H,17,19). The Labute approximate surface area is 109 Å². The lowest BCUT2D eigenvalue weighted by Crippen LogP contribution is -2.33. The maximum atomic E-state index is 12.7. The number of alkyl halides is 3.